The summed E-state index contributed by atoms with van der Waals surface area (Å²) in [6.45, 7) is 4.00. The highest BCUT2D eigenvalue weighted by molar-refractivity contribution is 5.48. The minimum Gasteiger partial charge on any atom is -0.496 e. The van der Waals surface area contributed by atoms with Gasteiger partial charge in [0.2, 0.25) is 0 Å². The maximum Gasteiger partial charge on any atom is 0.128 e. The van der Waals surface area contributed by atoms with Gasteiger partial charge in [0.1, 0.15) is 11.9 Å². The van der Waals surface area contributed by atoms with Gasteiger partial charge in [-0.15, -0.1) is 0 Å². The Hall–Kier alpha value is -1.94. The number of aromatic nitrogens is 2. The first-order chi connectivity index (χ1) is 8.65. The number of rotatable bonds is 3. The van der Waals surface area contributed by atoms with E-state index in [4.69, 9.17) is 4.74 Å². The lowest BCUT2D eigenvalue weighted by Gasteiger charge is -2.17. The molecule has 0 amide bonds. The van der Waals surface area contributed by atoms with Gasteiger partial charge in [-0.2, -0.15) is 10.2 Å². The van der Waals surface area contributed by atoms with Crippen LogP contribution >= 0.6 is 0 Å². The van der Waals surface area contributed by atoms with Gasteiger partial charge >= 0.3 is 0 Å². The van der Waals surface area contributed by atoms with Crippen molar-refractivity contribution < 1.29 is 9.84 Å². The van der Waals surface area contributed by atoms with Gasteiger partial charge in [0.05, 0.1) is 13.3 Å². The molecule has 0 aliphatic heterocycles. The number of nitrogens with zero attached hydrogens (tertiary/aromatic N) is 2. The molecule has 4 nitrogen and oxygen atoms in total. The van der Waals surface area contributed by atoms with E-state index in [0.29, 0.717) is 5.56 Å². The number of ether oxygens (including phenoxy) is 1. The number of aryl methyl sites for hydroxylation is 1. The summed E-state index contributed by atoms with van der Waals surface area (Å²) in [4.78, 5) is 0. The zero-order chi connectivity index (χ0) is 13.1. The quantitative estimate of drug-likeness (QED) is 0.899. The Labute approximate surface area is 106 Å². The molecular weight excluding hydrogens is 228 g/mol. The highest BCUT2D eigenvalue weighted by Gasteiger charge is 2.17. The molecule has 18 heavy (non-hydrogen) atoms. The Kier molecular flexibility index (Phi) is 3.58. The molecule has 2 rings (SSSR count). The van der Waals surface area contributed by atoms with Gasteiger partial charge in [-0.25, -0.2) is 0 Å². The van der Waals surface area contributed by atoms with Crippen molar-refractivity contribution in [2.24, 2.45) is 0 Å². The lowest BCUT2D eigenvalue weighted by molar-refractivity contribution is 0.214. The summed E-state index contributed by atoms with van der Waals surface area (Å²) in [5.41, 5.74) is 3.62. The van der Waals surface area contributed by atoms with E-state index in [1.165, 1.54) is 0 Å². The second-order valence-electron chi connectivity index (χ2n) is 4.21. The van der Waals surface area contributed by atoms with Crippen LogP contribution in [-0.2, 0) is 0 Å². The number of methoxy groups -OCH3 is 1. The van der Waals surface area contributed by atoms with Gasteiger partial charge < -0.3 is 9.84 Å². The third-order valence-corrected chi connectivity index (χ3v) is 3.13. The number of benzene rings is 1. The fourth-order valence-electron chi connectivity index (χ4n) is 1.94. The molecule has 0 saturated heterocycles. The average Bonchev–Trinajstić information content (AvgIpc) is 2.42. The van der Waals surface area contributed by atoms with E-state index >= 15 is 0 Å². The number of hydrogen-bond acceptors (Lipinski definition) is 4. The summed E-state index contributed by atoms with van der Waals surface area (Å²) in [6.07, 6.45) is 2.36. The molecule has 0 spiro atoms. The maximum atomic E-state index is 10.4. The molecule has 0 bridgehead atoms. The van der Waals surface area contributed by atoms with Crippen molar-refractivity contribution in [2.75, 3.05) is 7.11 Å². The van der Waals surface area contributed by atoms with Crippen LogP contribution in [0.3, 0.4) is 0 Å². The van der Waals surface area contributed by atoms with Crippen molar-refractivity contribution >= 4 is 0 Å². The molecule has 1 heterocycles. The number of aliphatic hydroxyl groups excluding tert-OH is 1. The standard InChI is InChI=1S/C14H16N2O2/c1-9-4-5-12(14(18-3)10(9)2)13(17)11-6-7-15-16-8-11/h4-8,13,17H,1-3H3. The first-order valence-corrected chi connectivity index (χ1v) is 5.74. The Morgan fingerprint density at radius 3 is 2.56 bits per heavy atom. The van der Waals surface area contributed by atoms with Gasteiger partial charge in [0.15, 0.2) is 0 Å². The first-order valence-electron chi connectivity index (χ1n) is 5.74. The van der Waals surface area contributed by atoms with Crippen LogP contribution in [0.2, 0.25) is 0 Å². The lowest BCUT2D eigenvalue weighted by Crippen LogP contribution is -2.05. The zero-order valence-electron chi connectivity index (χ0n) is 10.7. The van der Waals surface area contributed by atoms with E-state index in [0.717, 1.165) is 22.4 Å². The highest BCUT2D eigenvalue weighted by atomic mass is 16.5. The Morgan fingerprint density at radius 2 is 1.94 bits per heavy atom. The van der Waals surface area contributed by atoms with Crippen molar-refractivity contribution in [3.63, 3.8) is 0 Å². The fraction of sp³-hybridized carbons (Fsp3) is 0.286. The van der Waals surface area contributed by atoms with E-state index < -0.39 is 6.10 Å². The molecule has 0 aliphatic rings. The topological polar surface area (TPSA) is 55.2 Å². The van der Waals surface area contributed by atoms with Crippen LogP contribution in [0.1, 0.15) is 28.4 Å². The molecule has 1 aromatic heterocycles. The molecule has 0 fully saturated rings. The van der Waals surface area contributed by atoms with Crippen LogP contribution in [0.4, 0.5) is 0 Å². The monoisotopic (exact) mass is 244 g/mol. The molecule has 2 aromatic rings. The predicted molar refractivity (Wildman–Crippen MR) is 68.6 cm³/mol. The second kappa shape index (κ2) is 5.14. The normalized spacial score (nSPS) is 12.2. The summed E-state index contributed by atoms with van der Waals surface area (Å²) < 4.78 is 5.40. The van der Waals surface area contributed by atoms with Crippen molar-refractivity contribution in [1.82, 2.24) is 10.2 Å². The molecule has 0 saturated carbocycles. The van der Waals surface area contributed by atoms with Crippen LogP contribution in [0.5, 0.6) is 5.75 Å². The third-order valence-electron chi connectivity index (χ3n) is 3.13. The Morgan fingerprint density at radius 1 is 1.17 bits per heavy atom. The van der Waals surface area contributed by atoms with Crippen molar-refractivity contribution in [1.29, 1.82) is 0 Å². The Balaban J connectivity index is 2.49. The van der Waals surface area contributed by atoms with Gasteiger partial charge in [-0.1, -0.05) is 12.1 Å². The van der Waals surface area contributed by atoms with Gasteiger partial charge in [0.25, 0.3) is 0 Å². The van der Waals surface area contributed by atoms with E-state index in [-0.39, 0.29) is 0 Å². The van der Waals surface area contributed by atoms with E-state index in [2.05, 4.69) is 10.2 Å². The highest BCUT2D eigenvalue weighted by Crippen LogP contribution is 2.33. The predicted octanol–water partition coefficient (Wildman–Crippen LogP) is 2.18. The number of hydrogen-bond donors (Lipinski definition) is 1. The van der Waals surface area contributed by atoms with Crippen LogP contribution in [-0.4, -0.2) is 22.4 Å². The second-order valence-corrected chi connectivity index (χ2v) is 4.21. The summed E-state index contributed by atoms with van der Waals surface area (Å²) in [7, 11) is 1.61. The molecular formula is C14H16N2O2. The fourth-order valence-corrected chi connectivity index (χ4v) is 1.94. The molecule has 0 aliphatic carbocycles. The first kappa shape index (κ1) is 12.5. The smallest absolute Gasteiger partial charge is 0.128 e. The molecule has 1 N–H and O–H groups in total. The minimum atomic E-state index is -0.755. The van der Waals surface area contributed by atoms with E-state index in [9.17, 15) is 5.11 Å². The van der Waals surface area contributed by atoms with Gasteiger partial charge in [-0.3, -0.25) is 0 Å². The van der Waals surface area contributed by atoms with Crippen molar-refractivity contribution in [2.45, 2.75) is 20.0 Å². The summed E-state index contributed by atoms with van der Waals surface area (Å²) >= 11 is 0. The van der Waals surface area contributed by atoms with Gasteiger partial charge in [-0.05, 0) is 31.0 Å². The molecule has 1 aromatic carbocycles. The molecule has 0 radical (unpaired) electrons. The third kappa shape index (κ3) is 2.19. The average molecular weight is 244 g/mol. The molecule has 94 valence electrons. The molecule has 1 atom stereocenters. The molecule has 1 unspecified atom stereocenters. The largest absolute Gasteiger partial charge is 0.496 e. The van der Waals surface area contributed by atoms with Crippen molar-refractivity contribution in [3.05, 3.63) is 52.8 Å². The lowest BCUT2D eigenvalue weighted by atomic mass is 9.97. The minimum absolute atomic E-state index is 0.701. The Bertz CT molecular complexity index is 541. The summed E-state index contributed by atoms with van der Waals surface area (Å²) in [5, 5.41) is 17.9. The van der Waals surface area contributed by atoms with Crippen LogP contribution < -0.4 is 4.74 Å². The SMILES string of the molecule is COc1c(C(O)c2ccnnc2)ccc(C)c1C. The van der Waals surface area contributed by atoms with Crippen molar-refractivity contribution in [3.8, 4) is 5.75 Å². The van der Waals surface area contributed by atoms with E-state index in [1.54, 1.807) is 25.6 Å². The summed E-state index contributed by atoms with van der Waals surface area (Å²) in [5.74, 6) is 0.722. The maximum absolute atomic E-state index is 10.4. The van der Waals surface area contributed by atoms with E-state index in [1.807, 2.05) is 26.0 Å². The summed E-state index contributed by atoms with van der Waals surface area (Å²) in [6, 6.07) is 5.60. The van der Waals surface area contributed by atoms with Crippen LogP contribution in [0.25, 0.3) is 0 Å². The molecule has 4 heteroatoms. The number of aliphatic hydroxyl groups is 1. The zero-order valence-corrected chi connectivity index (χ0v) is 10.7. The van der Waals surface area contributed by atoms with Gasteiger partial charge in [0, 0.05) is 17.3 Å². The van der Waals surface area contributed by atoms with Crippen LogP contribution in [0.15, 0.2) is 30.6 Å². The van der Waals surface area contributed by atoms with Crippen LogP contribution in [0, 0.1) is 13.8 Å².